The molecule has 2 atom stereocenters. The molecule has 1 aromatic rings. The van der Waals surface area contributed by atoms with Gasteiger partial charge in [-0.15, -0.1) is 0 Å². The summed E-state index contributed by atoms with van der Waals surface area (Å²) in [7, 11) is 1.69. The third-order valence-corrected chi connectivity index (χ3v) is 3.50. The number of nitrogens with one attached hydrogen (secondary N) is 1. The fraction of sp³-hybridized carbons (Fsp3) is 0.545. The maximum Gasteiger partial charge on any atom is 0.154 e. The average Bonchev–Trinajstić information content (AvgIpc) is 2.86. The molecule has 3 nitrogen and oxygen atoms in total. The lowest BCUT2D eigenvalue weighted by Crippen LogP contribution is -2.31. The van der Waals surface area contributed by atoms with E-state index >= 15 is 0 Å². The standard InChI is InChI=1S/C11H15NO2S/c1-14-9-5-10(12-6-9)11(13)4-8-2-3-15-7-8/h2-3,7,9-10,12H,4-6H2,1H3. The number of ketones is 1. The highest BCUT2D eigenvalue weighted by Gasteiger charge is 2.28. The van der Waals surface area contributed by atoms with Crippen LogP contribution in [-0.2, 0) is 16.0 Å². The van der Waals surface area contributed by atoms with E-state index in [1.54, 1.807) is 18.4 Å². The number of rotatable bonds is 4. The van der Waals surface area contributed by atoms with Crippen LogP contribution in [0.5, 0.6) is 0 Å². The first-order valence-electron chi connectivity index (χ1n) is 5.09. The van der Waals surface area contributed by atoms with E-state index < -0.39 is 0 Å². The van der Waals surface area contributed by atoms with Gasteiger partial charge < -0.3 is 10.1 Å². The van der Waals surface area contributed by atoms with Gasteiger partial charge in [0, 0.05) is 20.1 Å². The molecule has 2 rings (SSSR count). The first-order valence-corrected chi connectivity index (χ1v) is 6.04. The SMILES string of the molecule is COC1CNC(C(=O)Cc2ccsc2)C1. The van der Waals surface area contributed by atoms with Crippen LogP contribution in [0.25, 0.3) is 0 Å². The van der Waals surface area contributed by atoms with Crippen molar-refractivity contribution < 1.29 is 9.53 Å². The normalized spacial score (nSPS) is 25.7. The van der Waals surface area contributed by atoms with Crippen molar-refractivity contribution >= 4 is 17.1 Å². The molecule has 1 aromatic heterocycles. The minimum Gasteiger partial charge on any atom is -0.380 e. The Morgan fingerprint density at radius 1 is 1.73 bits per heavy atom. The fourth-order valence-electron chi connectivity index (χ4n) is 1.85. The molecule has 0 spiro atoms. The predicted molar refractivity (Wildman–Crippen MR) is 60.2 cm³/mol. The van der Waals surface area contributed by atoms with Gasteiger partial charge in [-0.2, -0.15) is 11.3 Å². The van der Waals surface area contributed by atoms with Crippen LogP contribution in [0.3, 0.4) is 0 Å². The molecule has 82 valence electrons. The molecule has 1 fully saturated rings. The average molecular weight is 225 g/mol. The van der Waals surface area contributed by atoms with Crippen molar-refractivity contribution in [1.82, 2.24) is 5.32 Å². The second-order valence-corrected chi connectivity index (χ2v) is 4.61. The van der Waals surface area contributed by atoms with Crippen LogP contribution in [0, 0.1) is 0 Å². The Labute approximate surface area is 93.4 Å². The van der Waals surface area contributed by atoms with Crippen molar-refractivity contribution in [2.75, 3.05) is 13.7 Å². The van der Waals surface area contributed by atoms with E-state index in [0.29, 0.717) is 6.42 Å². The lowest BCUT2D eigenvalue weighted by molar-refractivity contribution is -0.120. The van der Waals surface area contributed by atoms with Crippen molar-refractivity contribution in [3.8, 4) is 0 Å². The summed E-state index contributed by atoms with van der Waals surface area (Å²) in [6.07, 6.45) is 1.54. The molecule has 0 aromatic carbocycles. The van der Waals surface area contributed by atoms with Gasteiger partial charge in [0.25, 0.3) is 0 Å². The van der Waals surface area contributed by atoms with Gasteiger partial charge in [-0.1, -0.05) is 0 Å². The minimum absolute atomic E-state index is 0.0187. The van der Waals surface area contributed by atoms with Gasteiger partial charge in [-0.25, -0.2) is 0 Å². The summed E-state index contributed by atoms with van der Waals surface area (Å²) in [6, 6.07) is 1.99. The number of hydrogen-bond acceptors (Lipinski definition) is 4. The van der Waals surface area contributed by atoms with Gasteiger partial charge in [0.15, 0.2) is 5.78 Å². The molecule has 2 unspecified atom stereocenters. The van der Waals surface area contributed by atoms with Crippen LogP contribution in [0.2, 0.25) is 0 Å². The highest BCUT2D eigenvalue weighted by molar-refractivity contribution is 7.07. The van der Waals surface area contributed by atoms with Gasteiger partial charge in [0.1, 0.15) is 0 Å². The summed E-state index contributed by atoms with van der Waals surface area (Å²) in [6.45, 7) is 0.788. The summed E-state index contributed by atoms with van der Waals surface area (Å²) < 4.78 is 5.21. The monoisotopic (exact) mass is 225 g/mol. The van der Waals surface area contributed by atoms with E-state index in [-0.39, 0.29) is 17.9 Å². The number of thiophene rings is 1. The van der Waals surface area contributed by atoms with E-state index in [4.69, 9.17) is 4.74 Å². The molecule has 1 aliphatic heterocycles. The van der Waals surface area contributed by atoms with Crippen molar-refractivity contribution in [3.05, 3.63) is 22.4 Å². The van der Waals surface area contributed by atoms with E-state index in [9.17, 15) is 4.79 Å². The van der Waals surface area contributed by atoms with E-state index in [1.807, 2.05) is 16.8 Å². The number of methoxy groups -OCH3 is 1. The molecule has 1 aliphatic rings. The molecule has 0 aliphatic carbocycles. The van der Waals surface area contributed by atoms with E-state index in [1.165, 1.54) is 0 Å². The van der Waals surface area contributed by atoms with Crippen molar-refractivity contribution in [3.63, 3.8) is 0 Å². The smallest absolute Gasteiger partial charge is 0.154 e. The summed E-state index contributed by atoms with van der Waals surface area (Å²) in [5, 5.41) is 7.23. The number of Topliss-reactive ketones (excluding diaryl/α,β-unsaturated/α-hetero) is 1. The Morgan fingerprint density at radius 2 is 2.60 bits per heavy atom. The molecule has 0 radical (unpaired) electrons. The molecule has 0 saturated carbocycles. The lowest BCUT2D eigenvalue weighted by atomic mass is 10.0. The highest BCUT2D eigenvalue weighted by Crippen LogP contribution is 2.14. The quantitative estimate of drug-likeness (QED) is 0.837. The zero-order valence-electron chi connectivity index (χ0n) is 8.73. The topological polar surface area (TPSA) is 38.3 Å². The van der Waals surface area contributed by atoms with Crippen LogP contribution >= 0.6 is 11.3 Å². The van der Waals surface area contributed by atoms with Gasteiger partial charge in [-0.05, 0) is 28.8 Å². The third kappa shape index (κ3) is 2.65. The summed E-state index contributed by atoms with van der Waals surface area (Å²) >= 11 is 1.63. The fourth-order valence-corrected chi connectivity index (χ4v) is 2.51. The van der Waals surface area contributed by atoms with Gasteiger partial charge in [-0.3, -0.25) is 4.79 Å². The second-order valence-electron chi connectivity index (χ2n) is 3.83. The first kappa shape index (κ1) is 10.8. The van der Waals surface area contributed by atoms with Crippen LogP contribution in [0.15, 0.2) is 16.8 Å². The van der Waals surface area contributed by atoms with Crippen molar-refractivity contribution in [2.24, 2.45) is 0 Å². The summed E-state index contributed by atoms with van der Waals surface area (Å²) in [5.41, 5.74) is 1.12. The molecule has 0 bridgehead atoms. The zero-order chi connectivity index (χ0) is 10.7. The van der Waals surface area contributed by atoms with Gasteiger partial charge in [0.05, 0.1) is 12.1 Å². The molecule has 1 saturated heterocycles. The Kier molecular flexibility index (Phi) is 3.51. The van der Waals surface area contributed by atoms with Gasteiger partial charge in [0.2, 0.25) is 0 Å². The summed E-state index contributed by atoms with van der Waals surface area (Å²) in [5.74, 6) is 0.271. The van der Waals surface area contributed by atoms with Crippen molar-refractivity contribution in [2.45, 2.75) is 25.0 Å². The first-order chi connectivity index (χ1) is 7.29. The molecule has 15 heavy (non-hydrogen) atoms. The van der Waals surface area contributed by atoms with Crippen LogP contribution < -0.4 is 5.32 Å². The third-order valence-electron chi connectivity index (χ3n) is 2.77. The molecule has 4 heteroatoms. The largest absolute Gasteiger partial charge is 0.380 e. The second kappa shape index (κ2) is 4.88. The molecular formula is C11H15NO2S. The molecule has 1 N–H and O–H groups in total. The number of hydrogen-bond donors (Lipinski definition) is 1. The number of carbonyl (C=O) groups excluding carboxylic acids is 1. The summed E-state index contributed by atoms with van der Waals surface area (Å²) in [4.78, 5) is 11.9. The number of carbonyl (C=O) groups is 1. The molecular weight excluding hydrogens is 210 g/mol. The number of ether oxygens (including phenoxy) is 1. The Hall–Kier alpha value is -0.710. The zero-order valence-corrected chi connectivity index (χ0v) is 9.55. The van der Waals surface area contributed by atoms with Gasteiger partial charge >= 0.3 is 0 Å². The molecule has 2 heterocycles. The highest BCUT2D eigenvalue weighted by atomic mass is 32.1. The Morgan fingerprint density at radius 3 is 3.20 bits per heavy atom. The van der Waals surface area contributed by atoms with Crippen LogP contribution in [0.4, 0.5) is 0 Å². The maximum atomic E-state index is 11.9. The molecule has 0 amide bonds. The lowest BCUT2D eigenvalue weighted by Gasteiger charge is -2.08. The van der Waals surface area contributed by atoms with E-state index in [0.717, 1.165) is 18.5 Å². The Bertz CT molecular complexity index is 323. The van der Waals surface area contributed by atoms with Crippen LogP contribution in [0.1, 0.15) is 12.0 Å². The Balaban J connectivity index is 1.87. The minimum atomic E-state index is -0.0187. The van der Waals surface area contributed by atoms with Crippen LogP contribution in [-0.4, -0.2) is 31.6 Å². The maximum absolute atomic E-state index is 11.9. The van der Waals surface area contributed by atoms with E-state index in [2.05, 4.69) is 5.32 Å². The predicted octanol–water partition coefficient (Wildman–Crippen LogP) is 1.24. The van der Waals surface area contributed by atoms with Crippen molar-refractivity contribution in [1.29, 1.82) is 0 Å².